The normalized spacial score (nSPS) is 10.7. The molecule has 2 amide bonds. The lowest BCUT2D eigenvalue weighted by Gasteiger charge is -2.26. The second-order valence-electron chi connectivity index (χ2n) is 7.05. The molecule has 1 aromatic rings. The van der Waals surface area contributed by atoms with Crippen LogP contribution in [0.1, 0.15) is 52.5 Å². The van der Waals surface area contributed by atoms with Crippen LogP contribution in [0.4, 0.5) is 11.4 Å². The zero-order valence-electron chi connectivity index (χ0n) is 16.6. The zero-order chi connectivity index (χ0) is 19.0. The molecule has 25 heavy (non-hydrogen) atoms. The first-order valence-electron chi connectivity index (χ1n) is 9.16. The molecule has 1 aromatic carbocycles. The summed E-state index contributed by atoms with van der Waals surface area (Å²) in [6.45, 7) is 9.31. The number of nitrogens with one attached hydrogen (secondary N) is 1. The summed E-state index contributed by atoms with van der Waals surface area (Å²) in [6, 6.07) is 5.91. The number of benzene rings is 1. The third kappa shape index (κ3) is 6.77. The molecule has 140 valence electrons. The largest absolute Gasteiger partial charge is 0.377 e. The quantitative estimate of drug-likeness (QED) is 0.737. The van der Waals surface area contributed by atoms with Gasteiger partial charge in [-0.05, 0) is 36.1 Å². The smallest absolute Gasteiger partial charge is 0.224 e. The summed E-state index contributed by atoms with van der Waals surface area (Å²) in [4.78, 5) is 28.2. The van der Waals surface area contributed by atoms with Crippen molar-refractivity contribution in [3.05, 3.63) is 23.8 Å². The number of hydrogen-bond acceptors (Lipinski definition) is 3. The van der Waals surface area contributed by atoms with Gasteiger partial charge in [-0.15, -0.1) is 0 Å². The highest BCUT2D eigenvalue weighted by molar-refractivity contribution is 5.91. The van der Waals surface area contributed by atoms with Crippen LogP contribution in [0.25, 0.3) is 0 Å². The Morgan fingerprint density at radius 3 is 2.36 bits per heavy atom. The molecule has 0 spiro atoms. The number of rotatable bonds is 9. The first-order valence-corrected chi connectivity index (χ1v) is 9.16. The maximum absolute atomic E-state index is 12.2. The van der Waals surface area contributed by atoms with E-state index < -0.39 is 0 Å². The van der Waals surface area contributed by atoms with Gasteiger partial charge in [0.2, 0.25) is 11.8 Å². The van der Waals surface area contributed by atoms with Crippen molar-refractivity contribution in [2.45, 2.75) is 53.5 Å². The van der Waals surface area contributed by atoms with Gasteiger partial charge >= 0.3 is 0 Å². The van der Waals surface area contributed by atoms with E-state index in [-0.39, 0.29) is 11.8 Å². The summed E-state index contributed by atoms with van der Waals surface area (Å²) in [7, 11) is 3.98. The molecular formula is C20H33N3O2. The molecule has 0 aliphatic heterocycles. The van der Waals surface area contributed by atoms with Gasteiger partial charge in [-0.3, -0.25) is 9.59 Å². The minimum absolute atomic E-state index is 0.0219. The molecule has 0 aliphatic carbocycles. The molecule has 0 saturated heterocycles. The standard InChI is InChI=1S/C20H33N3O2/c1-7-11-23(20(25)8-2)14-16-13-17(9-10-18(16)22(5)6)21-19(24)12-15(3)4/h9-10,13,15H,7-8,11-12,14H2,1-6H3,(H,21,24). The predicted octanol–water partition coefficient (Wildman–Crippen LogP) is 3.89. The topological polar surface area (TPSA) is 52.7 Å². The highest BCUT2D eigenvalue weighted by Crippen LogP contribution is 2.25. The van der Waals surface area contributed by atoms with Crippen LogP contribution >= 0.6 is 0 Å². The number of hydrogen-bond donors (Lipinski definition) is 1. The molecule has 0 radical (unpaired) electrons. The number of nitrogens with zero attached hydrogens (tertiary/aromatic N) is 2. The van der Waals surface area contributed by atoms with Crippen LogP contribution in [-0.4, -0.2) is 37.4 Å². The summed E-state index contributed by atoms with van der Waals surface area (Å²) in [6.07, 6.45) is 1.93. The average Bonchev–Trinajstić information content (AvgIpc) is 2.52. The van der Waals surface area contributed by atoms with Gasteiger partial charge in [0, 0.05) is 51.4 Å². The van der Waals surface area contributed by atoms with E-state index in [1.807, 2.05) is 62.9 Å². The van der Waals surface area contributed by atoms with Crippen LogP contribution < -0.4 is 10.2 Å². The Kier molecular flexibility index (Phi) is 8.46. The van der Waals surface area contributed by atoms with E-state index in [2.05, 4.69) is 12.2 Å². The van der Waals surface area contributed by atoms with E-state index in [0.717, 1.165) is 29.9 Å². The Balaban J connectivity index is 3.06. The van der Waals surface area contributed by atoms with Gasteiger partial charge in [0.25, 0.3) is 0 Å². The summed E-state index contributed by atoms with van der Waals surface area (Å²) in [5.74, 6) is 0.497. The molecular weight excluding hydrogens is 314 g/mol. The van der Waals surface area contributed by atoms with Crippen molar-refractivity contribution in [3.63, 3.8) is 0 Å². The number of carbonyl (C=O) groups excluding carboxylic acids is 2. The molecule has 5 nitrogen and oxygen atoms in total. The van der Waals surface area contributed by atoms with Gasteiger partial charge in [-0.1, -0.05) is 27.7 Å². The Bertz CT molecular complexity index is 582. The van der Waals surface area contributed by atoms with Crippen LogP contribution in [0.5, 0.6) is 0 Å². The molecule has 5 heteroatoms. The van der Waals surface area contributed by atoms with E-state index in [0.29, 0.717) is 25.3 Å². The second-order valence-corrected chi connectivity index (χ2v) is 7.05. The van der Waals surface area contributed by atoms with E-state index in [1.165, 1.54) is 0 Å². The van der Waals surface area contributed by atoms with Crippen LogP contribution in [-0.2, 0) is 16.1 Å². The van der Waals surface area contributed by atoms with E-state index >= 15 is 0 Å². The lowest BCUT2D eigenvalue weighted by molar-refractivity contribution is -0.131. The minimum atomic E-state index is 0.0219. The van der Waals surface area contributed by atoms with Gasteiger partial charge in [-0.25, -0.2) is 0 Å². The van der Waals surface area contributed by atoms with Gasteiger partial charge in [0.05, 0.1) is 0 Å². The van der Waals surface area contributed by atoms with Crippen LogP contribution in [0.2, 0.25) is 0 Å². The highest BCUT2D eigenvalue weighted by Gasteiger charge is 2.15. The van der Waals surface area contributed by atoms with Crippen LogP contribution in [0.3, 0.4) is 0 Å². The van der Waals surface area contributed by atoms with Crippen molar-refractivity contribution in [2.24, 2.45) is 5.92 Å². The van der Waals surface area contributed by atoms with Gasteiger partial charge in [-0.2, -0.15) is 0 Å². The fourth-order valence-corrected chi connectivity index (χ4v) is 2.80. The molecule has 0 atom stereocenters. The SMILES string of the molecule is CCCN(Cc1cc(NC(=O)CC(C)C)ccc1N(C)C)C(=O)CC. The lowest BCUT2D eigenvalue weighted by Crippen LogP contribution is -2.31. The monoisotopic (exact) mass is 347 g/mol. The molecule has 1 rings (SSSR count). The first-order chi connectivity index (χ1) is 11.8. The van der Waals surface area contributed by atoms with Gasteiger partial charge < -0.3 is 15.1 Å². The summed E-state index contributed by atoms with van der Waals surface area (Å²) < 4.78 is 0. The Morgan fingerprint density at radius 2 is 1.84 bits per heavy atom. The Labute approximate surface area is 152 Å². The van der Waals surface area contributed by atoms with Crippen molar-refractivity contribution in [1.29, 1.82) is 0 Å². The fourth-order valence-electron chi connectivity index (χ4n) is 2.80. The molecule has 0 heterocycles. The molecule has 0 fully saturated rings. The zero-order valence-corrected chi connectivity index (χ0v) is 16.6. The van der Waals surface area contributed by atoms with Gasteiger partial charge in [0.15, 0.2) is 0 Å². The van der Waals surface area contributed by atoms with E-state index in [1.54, 1.807) is 0 Å². The maximum Gasteiger partial charge on any atom is 0.224 e. The van der Waals surface area contributed by atoms with Crippen molar-refractivity contribution >= 4 is 23.2 Å². The number of carbonyl (C=O) groups is 2. The third-order valence-corrected chi connectivity index (χ3v) is 3.95. The molecule has 1 N–H and O–H groups in total. The third-order valence-electron chi connectivity index (χ3n) is 3.95. The van der Waals surface area contributed by atoms with Crippen molar-refractivity contribution in [2.75, 3.05) is 30.9 Å². The lowest BCUT2D eigenvalue weighted by atomic mass is 10.1. The Hall–Kier alpha value is -2.04. The van der Waals surface area contributed by atoms with Gasteiger partial charge in [0.1, 0.15) is 0 Å². The maximum atomic E-state index is 12.2. The van der Waals surface area contributed by atoms with Crippen LogP contribution in [0, 0.1) is 5.92 Å². The second kappa shape index (κ2) is 10.1. The van der Waals surface area contributed by atoms with Crippen molar-refractivity contribution < 1.29 is 9.59 Å². The highest BCUT2D eigenvalue weighted by atomic mass is 16.2. The number of amides is 2. The molecule has 0 saturated carbocycles. The van der Waals surface area contributed by atoms with E-state index in [9.17, 15) is 9.59 Å². The average molecular weight is 348 g/mol. The fraction of sp³-hybridized carbons (Fsp3) is 0.600. The molecule has 0 bridgehead atoms. The van der Waals surface area contributed by atoms with E-state index in [4.69, 9.17) is 0 Å². The van der Waals surface area contributed by atoms with Crippen molar-refractivity contribution in [3.8, 4) is 0 Å². The predicted molar refractivity (Wildman–Crippen MR) is 105 cm³/mol. The summed E-state index contributed by atoms with van der Waals surface area (Å²) in [5.41, 5.74) is 2.89. The first kappa shape index (κ1) is 21.0. The molecule has 0 aliphatic rings. The summed E-state index contributed by atoms with van der Waals surface area (Å²) in [5, 5.41) is 2.97. The minimum Gasteiger partial charge on any atom is -0.377 e. The molecule has 0 aromatic heterocycles. The van der Waals surface area contributed by atoms with Crippen LogP contribution in [0.15, 0.2) is 18.2 Å². The van der Waals surface area contributed by atoms with Crippen molar-refractivity contribution in [1.82, 2.24) is 4.90 Å². The molecule has 0 unspecified atom stereocenters. The number of anilines is 2. The Morgan fingerprint density at radius 1 is 1.16 bits per heavy atom. The summed E-state index contributed by atoms with van der Waals surface area (Å²) >= 11 is 0.